The summed E-state index contributed by atoms with van der Waals surface area (Å²) in [5, 5.41) is 17.3. The van der Waals surface area contributed by atoms with E-state index in [4.69, 9.17) is 10.7 Å². The SMILES string of the molecule is CCn1nc(C)cc1-c1nc(-c2cc(C(N)=O)cc3c2cnn3CCN2CCCC(=O)C2)n[nH]1. The van der Waals surface area contributed by atoms with Crippen LogP contribution in [0.25, 0.3) is 33.8 Å². The van der Waals surface area contributed by atoms with Gasteiger partial charge in [0, 0.05) is 36.0 Å². The maximum absolute atomic E-state index is 12.1. The van der Waals surface area contributed by atoms with Crippen molar-refractivity contribution in [1.29, 1.82) is 0 Å². The summed E-state index contributed by atoms with van der Waals surface area (Å²) in [6.07, 6.45) is 3.30. The van der Waals surface area contributed by atoms with Crippen molar-refractivity contribution >= 4 is 22.6 Å². The number of ketones is 1. The molecule has 11 nitrogen and oxygen atoms in total. The number of rotatable bonds is 7. The summed E-state index contributed by atoms with van der Waals surface area (Å²) in [5.74, 6) is 0.783. The Labute approximate surface area is 195 Å². The molecule has 1 amide bonds. The third-order valence-electron chi connectivity index (χ3n) is 6.18. The van der Waals surface area contributed by atoms with Crippen LogP contribution < -0.4 is 5.73 Å². The fourth-order valence-electron chi connectivity index (χ4n) is 4.49. The number of fused-ring (bicyclic) bond motifs is 1. The molecule has 4 aromatic rings. The Morgan fingerprint density at radius 2 is 2.06 bits per heavy atom. The number of nitrogens with zero attached hydrogens (tertiary/aromatic N) is 7. The molecule has 5 rings (SSSR count). The van der Waals surface area contributed by atoms with Gasteiger partial charge in [0.05, 0.1) is 30.5 Å². The number of hydrogen-bond acceptors (Lipinski definition) is 7. The zero-order valence-electron chi connectivity index (χ0n) is 19.3. The molecule has 1 aliphatic rings. The quantitative estimate of drug-likeness (QED) is 0.427. The Kier molecular flexibility index (Phi) is 5.70. The molecule has 4 heterocycles. The Balaban J connectivity index is 1.51. The van der Waals surface area contributed by atoms with Crippen LogP contribution in [-0.4, -0.2) is 71.0 Å². The number of amides is 1. The van der Waals surface area contributed by atoms with Gasteiger partial charge < -0.3 is 5.73 Å². The van der Waals surface area contributed by atoms with Crippen LogP contribution in [0.4, 0.5) is 0 Å². The number of benzene rings is 1. The van der Waals surface area contributed by atoms with Crippen LogP contribution in [0.1, 0.15) is 35.8 Å². The summed E-state index contributed by atoms with van der Waals surface area (Å²) in [5.41, 5.74) is 9.18. The van der Waals surface area contributed by atoms with E-state index in [2.05, 4.69) is 25.3 Å². The van der Waals surface area contributed by atoms with E-state index >= 15 is 0 Å². The number of piperidine rings is 1. The average Bonchev–Trinajstić information content (AvgIpc) is 3.55. The normalized spacial score (nSPS) is 14.8. The Bertz CT molecular complexity index is 1380. The molecule has 1 aromatic carbocycles. The molecule has 0 radical (unpaired) electrons. The first-order valence-electron chi connectivity index (χ1n) is 11.4. The number of carbonyl (C=O) groups is 2. The lowest BCUT2D eigenvalue weighted by atomic mass is 10.0. The van der Waals surface area contributed by atoms with Gasteiger partial charge in [-0.3, -0.25) is 29.0 Å². The molecule has 1 saturated heterocycles. The van der Waals surface area contributed by atoms with Gasteiger partial charge >= 0.3 is 0 Å². The van der Waals surface area contributed by atoms with Gasteiger partial charge in [0.2, 0.25) is 5.91 Å². The summed E-state index contributed by atoms with van der Waals surface area (Å²) >= 11 is 0. The number of primary amides is 1. The monoisotopic (exact) mass is 461 g/mol. The number of aromatic amines is 1. The van der Waals surface area contributed by atoms with E-state index in [0.29, 0.717) is 55.4 Å². The number of H-pyrrole nitrogens is 1. The van der Waals surface area contributed by atoms with Crippen molar-refractivity contribution in [1.82, 2.24) is 39.6 Å². The van der Waals surface area contributed by atoms with Crippen molar-refractivity contribution in [2.75, 3.05) is 19.6 Å². The highest BCUT2D eigenvalue weighted by molar-refractivity contribution is 6.02. The van der Waals surface area contributed by atoms with E-state index in [1.165, 1.54) is 0 Å². The lowest BCUT2D eigenvalue weighted by Crippen LogP contribution is -2.37. The van der Waals surface area contributed by atoms with Crippen LogP contribution in [0.2, 0.25) is 0 Å². The van der Waals surface area contributed by atoms with E-state index in [0.717, 1.165) is 35.3 Å². The average molecular weight is 462 g/mol. The second kappa shape index (κ2) is 8.82. The van der Waals surface area contributed by atoms with Crippen molar-refractivity contribution in [2.45, 2.75) is 39.8 Å². The number of nitrogens with one attached hydrogen (secondary N) is 1. The second-order valence-electron chi connectivity index (χ2n) is 8.60. The number of hydrogen-bond donors (Lipinski definition) is 2. The molecule has 0 bridgehead atoms. The van der Waals surface area contributed by atoms with Crippen LogP contribution in [0.5, 0.6) is 0 Å². The highest BCUT2D eigenvalue weighted by atomic mass is 16.1. The Hall–Kier alpha value is -3.86. The predicted molar refractivity (Wildman–Crippen MR) is 126 cm³/mol. The molecule has 3 N–H and O–H groups in total. The number of carbonyl (C=O) groups excluding carboxylic acids is 2. The maximum atomic E-state index is 12.1. The van der Waals surface area contributed by atoms with E-state index in [-0.39, 0.29) is 5.78 Å². The van der Waals surface area contributed by atoms with E-state index in [1.54, 1.807) is 18.3 Å². The number of aromatic nitrogens is 7. The van der Waals surface area contributed by atoms with Gasteiger partial charge in [-0.1, -0.05) is 0 Å². The smallest absolute Gasteiger partial charge is 0.248 e. The van der Waals surface area contributed by atoms with E-state index in [9.17, 15) is 9.59 Å². The van der Waals surface area contributed by atoms with Crippen molar-refractivity contribution in [3.8, 4) is 22.9 Å². The van der Waals surface area contributed by atoms with Gasteiger partial charge in [-0.15, -0.1) is 0 Å². The number of Topliss-reactive ketones (excluding diaryl/α,β-unsaturated/α-hetero) is 1. The summed E-state index contributed by atoms with van der Waals surface area (Å²) in [6, 6.07) is 5.40. The van der Waals surface area contributed by atoms with E-state index < -0.39 is 5.91 Å². The lowest BCUT2D eigenvalue weighted by molar-refractivity contribution is -0.122. The molecule has 3 aromatic heterocycles. The van der Waals surface area contributed by atoms with Gasteiger partial charge in [0.25, 0.3) is 0 Å². The predicted octanol–water partition coefficient (Wildman–Crippen LogP) is 1.78. The third kappa shape index (κ3) is 4.10. The van der Waals surface area contributed by atoms with Crippen molar-refractivity contribution in [3.05, 3.63) is 35.7 Å². The molecule has 0 atom stereocenters. The summed E-state index contributed by atoms with van der Waals surface area (Å²) in [6.45, 7) is 7.32. The van der Waals surface area contributed by atoms with Gasteiger partial charge in [-0.05, 0) is 45.0 Å². The first-order chi connectivity index (χ1) is 16.4. The minimum Gasteiger partial charge on any atom is -0.366 e. The molecule has 34 heavy (non-hydrogen) atoms. The first kappa shape index (κ1) is 22.0. The Morgan fingerprint density at radius 3 is 2.82 bits per heavy atom. The molecule has 176 valence electrons. The van der Waals surface area contributed by atoms with Crippen molar-refractivity contribution < 1.29 is 9.59 Å². The molecule has 0 aliphatic carbocycles. The lowest BCUT2D eigenvalue weighted by Gasteiger charge is -2.25. The number of likely N-dealkylation sites (tertiary alicyclic amines) is 1. The summed E-state index contributed by atoms with van der Waals surface area (Å²) in [7, 11) is 0. The van der Waals surface area contributed by atoms with Gasteiger partial charge in [0.1, 0.15) is 11.5 Å². The van der Waals surface area contributed by atoms with Crippen molar-refractivity contribution in [3.63, 3.8) is 0 Å². The standard InChI is InChI=1S/C23H27N9O2/c1-3-31-20(9-14(2)29-31)23-26-22(27-28-23)17-10-15(21(24)34)11-19-18(17)12-25-32(19)8-7-30-6-4-5-16(33)13-30/h9-12H,3-8,13H2,1-2H3,(H2,24,34)(H,26,27,28). The van der Waals surface area contributed by atoms with Crippen LogP contribution in [0.15, 0.2) is 24.4 Å². The first-order valence-corrected chi connectivity index (χ1v) is 11.4. The zero-order valence-corrected chi connectivity index (χ0v) is 19.3. The number of aryl methyl sites for hydroxylation is 2. The fraction of sp³-hybridized carbons (Fsp3) is 0.391. The van der Waals surface area contributed by atoms with E-state index in [1.807, 2.05) is 29.3 Å². The maximum Gasteiger partial charge on any atom is 0.248 e. The molecule has 11 heteroatoms. The van der Waals surface area contributed by atoms with Gasteiger partial charge in [-0.25, -0.2) is 4.98 Å². The third-order valence-corrected chi connectivity index (χ3v) is 6.18. The topological polar surface area (TPSA) is 141 Å². The number of nitrogens with two attached hydrogens (primary N) is 1. The van der Waals surface area contributed by atoms with Crippen molar-refractivity contribution in [2.24, 2.45) is 5.73 Å². The largest absolute Gasteiger partial charge is 0.366 e. The Morgan fingerprint density at radius 1 is 1.21 bits per heavy atom. The molecule has 0 saturated carbocycles. The fourth-order valence-corrected chi connectivity index (χ4v) is 4.49. The molecular formula is C23H27N9O2. The molecule has 1 fully saturated rings. The molecule has 0 spiro atoms. The molecular weight excluding hydrogens is 434 g/mol. The second-order valence-corrected chi connectivity index (χ2v) is 8.60. The van der Waals surface area contributed by atoms with Crippen LogP contribution in [-0.2, 0) is 17.9 Å². The summed E-state index contributed by atoms with van der Waals surface area (Å²) in [4.78, 5) is 30.7. The highest BCUT2D eigenvalue weighted by Gasteiger charge is 2.20. The van der Waals surface area contributed by atoms with Gasteiger partial charge in [0.15, 0.2) is 11.6 Å². The molecule has 1 aliphatic heterocycles. The minimum atomic E-state index is -0.534. The minimum absolute atomic E-state index is 0.273. The highest BCUT2D eigenvalue weighted by Crippen LogP contribution is 2.29. The molecule has 0 unspecified atom stereocenters. The van der Waals surface area contributed by atoms with Crippen LogP contribution >= 0.6 is 0 Å². The zero-order chi connectivity index (χ0) is 23.8. The summed E-state index contributed by atoms with van der Waals surface area (Å²) < 4.78 is 3.70. The van der Waals surface area contributed by atoms with Crippen LogP contribution in [0, 0.1) is 6.92 Å². The van der Waals surface area contributed by atoms with Crippen LogP contribution in [0.3, 0.4) is 0 Å². The van der Waals surface area contributed by atoms with Gasteiger partial charge in [-0.2, -0.15) is 15.3 Å².